The summed E-state index contributed by atoms with van der Waals surface area (Å²) in [5, 5.41) is 13.2. The Bertz CT molecular complexity index is 696. The van der Waals surface area contributed by atoms with Crippen LogP contribution in [0.25, 0.3) is 0 Å². The number of aliphatic hydroxyl groups is 1. The SMILES string of the molecule is COc1ccccc1OC(C)CNCC(O)COc1cccc(N)c1N. The van der Waals surface area contributed by atoms with Gasteiger partial charge < -0.3 is 36.1 Å². The smallest absolute Gasteiger partial charge is 0.161 e. The van der Waals surface area contributed by atoms with Crippen molar-refractivity contribution >= 4 is 11.4 Å². The highest BCUT2D eigenvalue weighted by Gasteiger charge is 2.11. The lowest BCUT2D eigenvalue weighted by atomic mass is 10.2. The highest BCUT2D eigenvalue weighted by Crippen LogP contribution is 2.27. The quantitative estimate of drug-likeness (QED) is 0.476. The Labute approximate surface area is 153 Å². The monoisotopic (exact) mass is 361 g/mol. The molecule has 7 nitrogen and oxygen atoms in total. The van der Waals surface area contributed by atoms with Crippen LogP contribution in [0.5, 0.6) is 17.2 Å². The predicted molar refractivity (Wildman–Crippen MR) is 103 cm³/mol. The molecular weight excluding hydrogens is 334 g/mol. The van der Waals surface area contributed by atoms with Crippen molar-refractivity contribution in [3.8, 4) is 17.2 Å². The lowest BCUT2D eigenvalue weighted by Crippen LogP contribution is -2.36. The first-order valence-electron chi connectivity index (χ1n) is 8.46. The number of benzene rings is 2. The van der Waals surface area contributed by atoms with Crippen molar-refractivity contribution in [2.24, 2.45) is 0 Å². The average Bonchev–Trinajstić information content (AvgIpc) is 2.63. The third-order valence-electron chi connectivity index (χ3n) is 3.74. The van der Waals surface area contributed by atoms with Crippen LogP contribution in [0.4, 0.5) is 11.4 Å². The van der Waals surface area contributed by atoms with Gasteiger partial charge in [-0.3, -0.25) is 0 Å². The molecule has 2 aromatic rings. The van der Waals surface area contributed by atoms with Crippen LogP contribution in [0.2, 0.25) is 0 Å². The summed E-state index contributed by atoms with van der Waals surface area (Å²) >= 11 is 0. The van der Waals surface area contributed by atoms with Crippen LogP contribution in [0, 0.1) is 0 Å². The molecule has 0 radical (unpaired) electrons. The molecule has 26 heavy (non-hydrogen) atoms. The zero-order valence-corrected chi connectivity index (χ0v) is 15.1. The third kappa shape index (κ3) is 5.72. The number of hydrogen-bond acceptors (Lipinski definition) is 7. The number of aliphatic hydroxyl groups excluding tert-OH is 1. The van der Waals surface area contributed by atoms with Crippen molar-refractivity contribution in [2.75, 3.05) is 38.3 Å². The van der Waals surface area contributed by atoms with Crippen LogP contribution in [0.1, 0.15) is 6.92 Å². The van der Waals surface area contributed by atoms with Crippen molar-refractivity contribution in [2.45, 2.75) is 19.1 Å². The minimum absolute atomic E-state index is 0.0935. The number of nitrogens with one attached hydrogen (secondary N) is 1. The second-order valence-electron chi connectivity index (χ2n) is 5.96. The molecule has 0 aliphatic rings. The van der Waals surface area contributed by atoms with Gasteiger partial charge in [0.1, 0.15) is 24.6 Å². The van der Waals surface area contributed by atoms with Gasteiger partial charge in [0, 0.05) is 13.1 Å². The number of anilines is 2. The average molecular weight is 361 g/mol. The molecule has 2 aromatic carbocycles. The molecule has 0 aliphatic heterocycles. The Morgan fingerprint density at radius 1 is 1.00 bits per heavy atom. The van der Waals surface area contributed by atoms with E-state index in [0.29, 0.717) is 41.7 Å². The van der Waals surface area contributed by atoms with E-state index in [1.165, 1.54) is 0 Å². The number of para-hydroxylation sites is 3. The number of nitrogens with two attached hydrogens (primary N) is 2. The summed E-state index contributed by atoms with van der Waals surface area (Å²) in [7, 11) is 1.61. The number of rotatable bonds is 10. The first-order chi connectivity index (χ1) is 12.5. The second kappa shape index (κ2) is 9.74. The molecule has 0 saturated heterocycles. The molecule has 0 aromatic heterocycles. The molecule has 2 unspecified atom stereocenters. The molecule has 7 heteroatoms. The molecule has 0 spiro atoms. The van der Waals surface area contributed by atoms with Crippen molar-refractivity contribution in [1.82, 2.24) is 5.32 Å². The zero-order valence-electron chi connectivity index (χ0n) is 15.1. The largest absolute Gasteiger partial charge is 0.493 e. The lowest BCUT2D eigenvalue weighted by Gasteiger charge is -2.19. The third-order valence-corrected chi connectivity index (χ3v) is 3.74. The second-order valence-corrected chi connectivity index (χ2v) is 5.96. The molecule has 0 bridgehead atoms. The van der Waals surface area contributed by atoms with E-state index in [1.54, 1.807) is 25.3 Å². The summed E-state index contributed by atoms with van der Waals surface area (Å²) in [5.74, 6) is 1.84. The van der Waals surface area contributed by atoms with Gasteiger partial charge in [0.2, 0.25) is 0 Å². The summed E-state index contributed by atoms with van der Waals surface area (Å²) in [6.45, 7) is 2.98. The minimum Gasteiger partial charge on any atom is -0.493 e. The maximum absolute atomic E-state index is 10.0. The molecule has 0 saturated carbocycles. The fourth-order valence-electron chi connectivity index (χ4n) is 2.36. The minimum atomic E-state index is -0.686. The van der Waals surface area contributed by atoms with E-state index >= 15 is 0 Å². The van der Waals surface area contributed by atoms with Crippen LogP contribution in [-0.2, 0) is 0 Å². The van der Waals surface area contributed by atoms with Gasteiger partial charge in [0.25, 0.3) is 0 Å². The Kier molecular flexibility index (Phi) is 7.37. The summed E-state index contributed by atoms with van der Waals surface area (Å²) in [6, 6.07) is 12.6. The fraction of sp³-hybridized carbons (Fsp3) is 0.368. The molecule has 0 heterocycles. The zero-order chi connectivity index (χ0) is 18.9. The van der Waals surface area contributed by atoms with E-state index in [2.05, 4.69) is 5.32 Å². The van der Waals surface area contributed by atoms with Gasteiger partial charge in [-0.1, -0.05) is 18.2 Å². The summed E-state index contributed by atoms with van der Waals surface area (Å²) in [4.78, 5) is 0. The van der Waals surface area contributed by atoms with E-state index in [9.17, 15) is 5.11 Å². The first kappa shape index (κ1) is 19.7. The van der Waals surface area contributed by atoms with Crippen LogP contribution >= 0.6 is 0 Å². The Morgan fingerprint density at radius 3 is 2.42 bits per heavy atom. The molecule has 0 fully saturated rings. The van der Waals surface area contributed by atoms with Gasteiger partial charge in [-0.05, 0) is 31.2 Å². The Morgan fingerprint density at radius 2 is 1.69 bits per heavy atom. The van der Waals surface area contributed by atoms with Gasteiger partial charge >= 0.3 is 0 Å². The molecule has 6 N–H and O–H groups in total. The number of ether oxygens (including phenoxy) is 3. The van der Waals surface area contributed by atoms with Crippen LogP contribution in [0.3, 0.4) is 0 Å². The molecule has 0 aliphatic carbocycles. The number of methoxy groups -OCH3 is 1. The highest BCUT2D eigenvalue weighted by atomic mass is 16.5. The van der Waals surface area contributed by atoms with E-state index in [-0.39, 0.29) is 12.7 Å². The molecular formula is C19H27N3O4. The standard InChI is InChI=1S/C19H27N3O4/c1-13(26-17-8-4-3-7-16(17)24-2)10-22-11-14(23)12-25-18-9-5-6-15(20)19(18)21/h3-9,13-14,22-23H,10-12,20-21H2,1-2H3. The maximum Gasteiger partial charge on any atom is 0.161 e. The van der Waals surface area contributed by atoms with Crippen molar-refractivity contribution in [1.29, 1.82) is 0 Å². The van der Waals surface area contributed by atoms with E-state index in [4.69, 9.17) is 25.7 Å². The number of nitrogen functional groups attached to an aromatic ring is 2. The predicted octanol–water partition coefficient (Wildman–Crippen LogP) is 1.66. The molecule has 2 rings (SSSR count). The van der Waals surface area contributed by atoms with Crippen LogP contribution in [0.15, 0.2) is 42.5 Å². The normalized spacial score (nSPS) is 13.0. The fourth-order valence-corrected chi connectivity index (χ4v) is 2.36. The topological polar surface area (TPSA) is 112 Å². The Hall–Kier alpha value is -2.64. The molecule has 2 atom stereocenters. The van der Waals surface area contributed by atoms with Gasteiger partial charge in [0.05, 0.1) is 18.5 Å². The summed E-state index contributed by atoms with van der Waals surface area (Å²) in [5.41, 5.74) is 12.4. The van der Waals surface area contributed by atoms with Gasteiger partial charge in [-0.2, -0.15) is 0 Å². The van der Waals surface area contributed by atoms with Crippen LogP contribution < -0.4 is 31.0 Å². The van der Waals surface area contributed by atoms with E-state index < -0.39 is 6.10 Å². The molecule has 142 valence electrons. The van der Waals surface area contributed by atoms with Gasteiger partial charge in [0.15, 0.2) is 11.5 Å². The van der Waals surface area contributed by atoms with Crippen molar-refractivity contribution < 1.29 is 19.3 Å². The Balaban J connectivity index is 1.70. The van der Waals surface area contributed by atoms with Crippen molar-refractivity contribution in [3.63, 3.8) is 0 Å². The maximum atomic E-state index is 10.0. The van der Waals surface area contributed by atoms with Gasteiger partial charge in [-0.25, -0.2) is 0 Å². The van der Waals surface area contributed by atoms with E-state index in [1.807, 2.05) is 31.2 Å². The highest BCUT2D eigenvalue weighted by molar-refractivity contribution is 5.70. The molecule has 0 amide bonds. The first-order valence-corrected chi connectivity index (χ1v) is 8.46. The number of hydrogen-bond donors (Lipinski definition) is 4. The van der Waals surface area contributed by atoms with E-state index in [0.717, 1.165) is 0 Å². The van der Waals surface area contributed by atoms with Crippen LogP contribution in [-0.4, -0.2) is 44.1 Å². The van der Waals surface area contributed by atoms with Gasteiger partial charge in [-0.15, -0.1) is 0 Å². The summed E-state index contributed by atoms with van der Waals surface area (Å²) in [6.07, 6.45) is -0.779. The summed E-state index contributed by atoms with van der Waals surface area (Å²) < 4.78 is 16.6. The lowest BCUT2D eigenvalue weighted by molar-refractivity contribution is 0.103. The van der Waals surface area contributed by atoms with Crippen molar-refractivity contribution in [3.05, 3.63) is 42.5 Å².